The first-order valence-corrected chi connectivity index (χ1v) is 7.67. The number of nitrogen functional groups attached to an aromatic ring is 1. The highest BCUT2D eigenvalue weighted by atomic mass is 79.9. The van der Waals surface area contributed by atoms with E-state index in [1.807, 2.05) is 6.07 Å². The number of rotatable bonds is 3. The van der Waals surface area contributed by atoms with E-state index in [4.69, 9.17) is 10.5 Å². The molecule has 1 aromatic carbocycles. The van der Waals surface area contributed by atoms with Crippen molar-refractivity contribution < 1.29 is 9.53 Å². The summed E-state index contributed by atoms with van der Waals surface area (Å²) in [6.07, 6.45) is 0. The predicted molar refractivity (Wildman–Crippen MR) is 85.1 cm³/mol. The molecule has 0 aliphatic rings. The molecule has 7 heteroatoms. The third-order valence-corrected chi connectivity index (χ3v) is 4.60. The molecule has 0 spiro atoms. The van der Waals surface area contributed by atoms with Crippen LogP contribution in [0.4, 0.5) is 11.4 Å². The number of carbonyl (C=O) groups excluding carboxylic acids is 1. The monoisotopic (exact) mass is 404 g/mol. The van der Waals surface area contributed by atoms with Gasteiger partial charge in [-0.05, 0) is 49.4 Å². The number of nitrogens with two attached hydrogens (primary N) is 1. The fourth-order valence-electron chi connectivity index (χ4n) is 1.46. The van der Waals surface area contributed by atoms with E-state index in [1.165, 1.54) is 11.3 Å². The molecule has 0 saturated heterocycles. The Bertz CT molecular complexity index is 628. The molecule has 1 amide bonds. The second-order valence-electron chi connectivity index (χ2n) is 3.63. The number of ether oxygens (including phenoxy) is 1. The second kappa shape index (κ2) is 5.94. The zero-order chi connectivity index (χ0) is 14.0. The smallest absolute Gasteiger partial charge is 0.267 e. The highest BCUT2D eigenvalue weighted by Gasteiger charge is 2.14. The molecule has 0 aliphatic carbocycles. The number of hydrogen-bond acceptors (Lipinski definition) is 4. The Labute approximate surface area is 131 Å². The molecule has 1 aromatic heterocycles. The van der Waals surface area contributed by atoms with Gasteiger partial charge in [-0.15, -0.1) is 11.3 Å². The maximum atomic E-state index is 12.1. The zero-order valence-corrected chi connectivity index (χ0v) is 13.9. The molecule has 2 aromatic rings. The molecule has 1 heterocycles. The van der Waals surface area contributed by atoms with Gasteiger partial charge in [0.25, 0.3) is 5.91 Å². The van der Waals surface area contributed by atoms with Crippen LogP contribution in [0.15, 0.2) is 32.5 Å². The van der Waals surface area contributed by atoms with Gasteiger partial charge in [0.1, 0.15) is 10.6 Å². The summed E-state index contributed by atoms with van der Waals surface area (Å²) >= 11 is 8.07. The molecule has 0 saturated carbocycles. The maximum absolute atomic E-state index is 12.1. The highest BCUT2D eigenvalue weighted by Crippen LogP contribution is 2.35. The van der Waals surface area contributed by atoms with Crippen molar-refractivity contribution in [1.82, 2.24) is 0 Å². The Balaban J connectivity index is 2.29. The van der Waals surface area contributed by atoms with Gasteiger partial charge in [-0.2, -0.15) is 0 Å². The van der Waals surface area contributed by atoms with Gasteiger partial charge in [-0.25, -0.2) is 0 Å². The van der Waals surface area contributed by atoms with Crippen LogP contribution in [0.5, 0.6) is 5.75 Å². The lowest BCUT2D eigenvalue weighted by atomic mass is 10.3. The number of thiophene rings is 1. The third kappa shape index (κ3) is 3.10. The molecule has 0 aliphatic heterocycles. The first-order chi connectivity index (χ1) is 9.02. The van der Waals surface area contributed by atoms with Crippen LogP contribution < -0.4 is 15.8 Å². The summed E-state index contributed by atoms with van der Waals surface area (Å²) in [5.74, 6) is 0.398. The van der Waals surface area contributed by atoms with Crippen molar-refractivity contribution >= 4 is 60.5 Å². The molecule has 100 valence electrons. The third-order valence-electron chi connectivity index (χ3n) is 2.39. The Kier molecular flexibility index (Phi) is 4.49. The maximum Gasteiger partial charge on any atom is 0.267 e. The van der Waals surface area contributed by atoms with Gasteiger partial charge in [0.05, 0.1) is 23.0 Å². The van der Waals surface area contributed by atoms with Gasteiger partial charge in [-0.1, -0.05) is 0 Å². The van der Waals surface area contributed by atoms with Crippen molar-refractivity contribution in [1.29, 1.82) is 0 Å². The molecule has 0 fully saturated rings. The summed E-state index contributed by atoms with van der Waals surface area (Å²) < 4.78 is 6.75. The van der Waals surface area contributed by atoms with Crippen LogP contribution in [0.25, 0.3) is 0 Å². The Morgan fingerprint density at radius 1 is 1.37 bits per heavy atom. The van der Waals surface area contributed by atoms with E-state index >= 15 is 0 Å². The van der Waals surface area contributed by atoms with Crippen LogP contribution in [0.2, 0.25) is 0 Å². The van der Waals surface area contributed by atoms with Crippen LogP contribution in [0, 0.1) is 0 Å². The highest BCUT2D eigenvalue weighted by molar-refractivity contribution is 9.11. The van der Waals surface area contributed by atoms with Gasteiger partial charge >= 0.3 is 0 Å². The number of halogens is 2. The number of methoxy groups -OCH3 is 1. The Morgan fingerprint density at radius 2 is 2.11 bits per heavy atom. The lowest BCUT2D eigenvalue weighted by Crippen LogP contribution is -2.12. The summed E-state index contributed by atoms with van der Waals surface area (Å²) in [7, 11) is 1.57. The Morgan fingerprint density at radius 3 is 2.68 bits per heavy atom. The average Bonchev–Trinajstić information content (AvgIpc) is 2.79. The Hall–Kier alpha value is -1.05. The van der Waals surface area contributed by atoms with Crippen molar-refractivity contribution in [3.8, 4) is 5.75 Å². The first-order valence-electron chi connectivity index (χ1n) is 5.20. The minimum atomic E-state index is -0.238. The number of amides is 1. The van der Waals surface area contributed by atoms with Crippen LogP contribution in [-0.4, -0.2) is 13.0 Å². The number of benzene rings is 1. The summed E-state index contributed by atoms with van der Waals surface area (Å²) in [6.45, 7) is 0. The van der Waals surface area contributed by atoms with E-state index in [0.717, 1.165) is 8.95 Å². The van der Waals surface area contributed by atoms with Crippen molar-refractivity contribution in [3.05, 3.63) is 37.4 Å². The van der Waals surface area contributed by atoms with Crippen molar-refractivity contribution in [2.24, 2.45) is 0 Å². The fraction of sp³-hybridized carbons (Fsp3) is 0.0833. The standard InChI is InChI=1S/C12H10Br2N2O2S/c1-18-10-5-9(6(13)4-7(10)14)16-12(17)11-8(15)2-3-19-11/h2-5H,15H2,1H3,(H,16,17). The lowest BCUT2D eigenvalue weighted by Gasteiger charge is -2.10. The fourth-order valence-corrected chi connectivity index (χ4v) is 3.43. The van der Waals surface area contributed by atoms with Gasteiger partial charge in [0.15, 0.2) is 0 Å². The number of carbonyl (C=O) groups is 1. The molecule has 2 rings (SSSR count). The van der Waals surface area contributed by atoms with Gasteiger partial charge in [0, 0.05) is 10.5 Å². The molecular weight excluding hydrogens is 396 g/mol. The largest absolute Gasteiger partial charge is 0.495 e. The summed E-state index contributed by atoms with van der Waals surface area (Å²) in [6, 6.07) is 5.25. The molecule has 0 bridgehead atoms. The number of anilines is 2. The summed E-state index contributed by atoms with van der Waals surface area (Å²) in [5, 5.41) is 4.58. The topological polar surface area (TPSA) is 64.3 Å². The average molecular weight is 406 g/mol. The van der Waals surface area contributed by atoms with E-state index in [-0.39, 0.29) is 5.91 Å². The van der Waals surface area contributed by atoms with E-state index in [0.29, 0.717) is 22.0 Å². The van der Waals surface area contributed by atoms with Crippen LogP contribution in [0.1, 0.15) is 9.67 Å². The first kappa shape index (κ1) is 14.4. The zero-order valence-electron chi connectivity index (χ0n) is 9.87. The molecular formula is C12H10Br2N2O2S. The van der Waals surface area contributed by atoms with Gasteiger partial charge in [0.2, 0.25) is 0 Å². The van der Waals surface area contributed by atoms with Gasteiger partial charge < -0.3 is 15.8 Å². The second-order valence-corrected chi connectivity index (χ2v) is 6.25. The molecule has 4 nitrogen and oxygen atoms in total. The number of nitrogens with one attached hydrogen (secondary N) is 1. The van der Waals surface area contributed by atoms with Crippen molar-refractivity contribution in [2.45, 2.75) is 0 Å². The van der Waals surface area contributed by atoms with Crippen LogP contribution in [-0.2, 0) is 0 Å². The molecule has 0 radical (unpaired) electrons. The van der Waals surface area contributed by atoms with Crippen molar-refractivity contribution in [3.63, 3.8) is 0 Å². The van der Waals surface area contributed by atoms with Crippen molar-refractivity contribution in [2.75, 3.05) is 18.2 Å². The van der Waals surface area contributed by atoms with E-state index < -0.39 is 0 Å². The minimum Gasteiger partial charge on any atom is -0.495 e. The van der Waals surface area contributed by atoms with E-state index in [2.05, 4.69) is 37.2 Å². The normalized spacial score (nSPS) is 10.3. The quantitative estimate of drug-likeness (QED) is 0.807. The summed E-state index contributed by atoms with van der Waals surface area (Å²) in [4.78, 5) is 12.6. The SMILES string of the molecule is COc1cc(NC(=O)c2sccc2N)c(Br)cc1Br. The number of hydrogen-bond donors (Lipinski definition) is 2. The molecule has 0 unspecified atom stereocenters. The lowest BCUT2D eigenvalue weighted by molar-refractivity contribution is 0.103. The van der Waals surface area contributed by atoms with E-state index in [9.17, 15) is 4.79 Å². The van der Waals surface area contributed by atoms with Gasteiger partial charge in [-0.3, -0.25) is 4.79 Å². The predicted octanol–water partition coefficient (Wildman–Crippen LogP) is 4.12. The minimum absolute atomic E-state index is 0.238. The van der Waals surface area contributed by atoms with Crippen LogP contribution >= 0.6 is 43.2 Å². The van der Waals surface area contributed by atoms with Crippen LogP contribution in [0.3, 0.4) is 0 Å². The molecule has 19 heavy (non-hydrogen) atoms. The molecule has 0 atom stereocenters. The van der Waals surface area contributed by atoms with E-state index in [1.54, 1.807) is 24.6 Å². The molecule has 3 N–H and O–H groups in total. The summed E-state index contributed by atoms with van der Waals surface area (Å²) in [5.41, 5.74) is 6.82.